The van der Waals surface area contributed by atoms with Gasteiger partial charge in [-0.25, -0.2) is 32.0 Å². The number of alkyl halides is 4. The van der Waals surface area contributed by atoms with Crippen LogP contribution in [-0.4, -0.2) is 53.3 Å². The lowest BCUT2D eigenvalue weighted by atomic mass is 9.92. The van der Waals surface area contributed by atoms with Gasteiger partial charge in [-0.1, -0.05) is 0 Å². The Morgan fingerprint density at radius 2 is 1.95 bits per heavy atom. The van der Waals surface area contributed by atoms with Gasteiger partial charge in [-0.3, -0.25) is 9.78 Å². The molecular formula is C23H22F4N8O3. The number of nitrogens with one attached hydrogen (secondary N) is 3. The van der Waals surface area contributed by atoms with E-state index in [1.54, 1.807) is 0 Å². The first-order chi connectivity index (χ1) is 18.1. The molecule has 11 nitrogen and oxygen atoms in total. The largest absolute Gasteiger partial charge is 0.462 e. The number of pyridine rings is 1. The van der Waals surface area contributed by atoms with Crippen LogP contribution in [0.3, 0.4) is 0 Å². The number of aromatic amines is 2. The maximum absolute atomic E-state index is 14.2. The zero-order valence-corrected chi connectivity index (χ0v) is 19.9. The lowest BCUT2D eigenvalue weighted by molar-refractivity contribution is -0.0361. The molecular weight excluding hydrogens is 512 g/mol. The topological polar surface area (TPSA) is 143 Å². The van der Waals surface area contributed by atoms with E-state index in [1.165, 1.54) is 36.1 Å². The Morgan fingerprint density at radius 1 is 1.18 bits per heavy atom. The van der Waals surface area contributed by atoms with Crippen molar-refractivity contribution in [2.45, 2.75) is 50.2 Å². The van der Waals surface area contributed by atoms with Crippen LogP contribution in [0.25, 0.3) is 22.3 Å². The first-order valence-electron chi connectivity index (χ1n) is 11.7. The predicted molar refractivity (Wildman–Crippen MR) is 127 cm³/mol. The molecule has 0 aromatic carbocycles. The minimum atomic E-state index is -2.97. The Balaban J connectivity index is 1.43. The Bertz CT molecular complexity index is 1570. The first-order valence-corrected chi connectivity index (χ1v) is 11.7. The monoisotopic (exact) mass is 534 g/mol. The molecule has 0 spiro atoms. The summed E-state index contributed by atoms with van der Waals surface area (Å²) in [5, 5.41) is 15.4. The quantitative estimate of drug-likeness (QED) is 0.307. The molecule has 0 radical (unpaired) electrons. The molecule has 4 heterocycles. The Hall–Kier alpha value is -4.30. The molecule has 1 fully saturated rings. The van der Waals surface area contributed by atoms with Crippen LogP contribution >= 0.6 is 0 Å². The number of nitrogens with zero attached hydrogens (tertiary/aromatic N) is 5. The van der Waals surface area contributed by atoms with Gasteiger partial charge in [0.05, 0.1) is 10.9 Å². The van der Waals surface area contributed by atoms with Gasteiger partial charge in [0.1, 0.15) is 11.5 Å². The van der Waals surface area contributed by atoms with Crippen molar-refractivity contribution < 1.29 is 22.3 Å². The molecule has 5 rings (SSSR count). The predicted octanol–water partition coefficient (Wildman–Crippen LogP) is 3.18. The molecule has 3 N–H and O–H groups in total. The standard InChI is InChI=1S/C23H22F4N8O3/c1-35-19-13(9-15(32-33-19)14-10-29-22(37)31-20(14)36)21(34-35)38-17(18(24)25)11-4-7-28-16(8-11)30-12-2-5-23(26,27)6-3-12/h4,7-10,12,17-18H,2-3,5-6H2,1H3,(H,28,30)(H2,29,31,36,37)/t17-/m1/s1. The molecule has 0 aliphatic heterocycles. The number of aryl methyl sites for hydroxylation is 1. The molecule has 15 heteroatoms. The van der Waals surface area contributed by atoms with Crippen LogP contribution in [0.4, 0.5) is 23.4 Å². The van der Waals surface area contributed by atoms with Crippen molar-refractivity contribution in [2.75, 3.05) is 5.32 Å². The highest BCUT2D eigenvalue weighted by Crippen LogP contribution is 2.35. The SMILES string of the molecule is Cn1nc(O[C@H](c2ccnc(NC3CCC(F)(F)CC3)c2)C(F)F)c2cc(-c3c[nH]c(=O)[nH]c3=O)nnc21. The first kappa shape index (κ1) is 25.4. The Labute approximate surface area is 211 Å². The van der Waals surface area contributed by atoms with Crippen LogP contribution in [0.2, 0.25) is 0 Å². The van der Waals surface area contributed by atoms with Gasteiger partial charge in [0.2, 0.25) is 11.8 Å². The highest BCUT2D eigenvalue weighted by molar-refractivity contribution is 5.84. The Morgan fingerprint density at radius 3 is 2.66 bits per heavy atom. The third-order valence-electron chi connectivity index (χ3n) is 6.30. The summed E-state index contributed by atoms with van der Waals surface area (Å²) in [6, 6.07) is 3.90. The zero-order chi connectivity index (χ0) is 27.0. The van der Waals surface area contributed by atoms with Gasteiger partial charge in [0, 0.05) is 43.9 Å². The maximum atomic E-state index is 14.2. The van der Waals surface area contributed by atoms with Crippen molar-refractivity contribution in [1.82, 2.24) is 34.9 Å². The van der Waals surface area contributed by atoms with Crippen molar-refractivity contribution in [1.29, 1.82) is 0 Å². The maximum Gasteiger partial charge on any atom is 0.325 e. The van der Waals surface area contributed by atoms with Crippen molar-refractivity contribution in [3.8, 4) is 17.1 Å². The normalized spacial score (nSPS) is 16.6. The number of hydrogen-bond acceptors (Lipinski definition) is 8. The average Bonchev–Trinajstić information content (AvgIpc) is 3.18. The lowest BCUT2D eigenvalue weighted by Gasteiger charge is -2.29. The van der Waals surface area contributed by atoms with E-state index in [0.29, 0.717) is 0 Å². The van der Waals surface area contributed by atoms with Crippen LogP contribution in [0, 0.1) is 0 Å². The van der Waals surface area contributed by atoms with E-state index in [0.717, 1.165) is 6.20 Å². The van der Waals surface area contributed by atoms with Gasteiger partial charge in [-0.2, -0.15) is 0 Å². The van der Waals surface area contributed by atoms with Gasteiger partial charge in [0.15, 0.2) is 11.8 Å². The number of H-pyrrole nitrogens is 2. The van der Waals surface area contributed by atoms with Crippen LogP contribution in [-0.2, 0) is 7.05 Å². The summed E-state index contributed by atoms with van der Waals surface area (Å²) < 4.78 is 62.3. The summed E-state index contributed by atoms with van der Waals surface area (Å²) in [7, 11) is 1.52. The second kappa shape index (κ2) is 9.87. The molecule has 0 bridgehead atoms. The fraction of sp³-hybridized carbons (Fsp3) is 0.391. The summed E-state index contributed by atoms with van der Waals surface area (Å²) >= 11 is 0. The number of fused-ring (bicyclic) bond motifs is 1. The second-order valence-electron chi connectivity index (χ2n) is 9.00. The molecule has 0 unspecified atom stereocenters. The second-order valence-corrected chi connectivity index (χ2v) is 9.00. The molecule has 4 aromatic heterocycles. The van der Waals surface area contributed by atoms with Crippen molar-refractivity contribution >= 4 is 16.9 Å². The van der Waals surface area contributed by atoms with Gasteiger partial charge >= 0.3 is 5.69 Å². The molecule has 38 heavy (non-hydrogen) atoms. The fourth-order valence-electron chi connectivity index (χ4n) is 4.32. The third-order valence-corrected chi connectivity index (χ3v) is 6.30. The average molecular weight is 534 g/mol. The minimum Gasteiger partial charge on any atom is -0.462 e. The van der Waals surface area contributed by atoms with Gasteiger partial charge < -0.3 is 15.0 Å². The summed E-state index contributed by atoms with van der Waals surface area (Å²) in [5.74, 6) is -2.60. The molecule has 1 aliphatic rings. The van der Waals surface area contributed by atoms with E-state index in [2.05, 4.69) is 35.6 Å². The number of halogens is 4. The van der Waals surface area contributed by atoms with Gasteiger partial charge in [-0.15, -0.1) is 15.3 Å². The summed E-state index contributed by atoms with van der Waals surface area (Å²) in [4.78, 5) is 32.1. The molecule has 4 aromatic rings. The number of aromatic nitrogens is 7. The summed E-state index contributed by atoms with van der Waals surface area (Å²) in [5.41, 5.74) is -1.04. The highest BCUT2D eigenvalue weighted by atomic mass is 19.3. The third kappa shape index (κ3) is 5.21. The van der Waals surface area contributed by atoms with Crippen LogP contribution in [0.15, 0.2) is 40.2 Å². The molecule has 0 amide bonds. The van der Waals surface area contributed by atoms with Crippen molar-refractivity contribution in [3.63, 3.8) is 0 Å². The van der Waals surface area contributed by atoms with Gasteiger partial charge in [-0.05, 0) is 31.0 Å². The van der Waals surface area contributed by atoms with Crippen molar-refractivity contribution in [3.05, 3.63) is 57.0 Å². The number of hydrogen-bond donors (Lipinski definition) is 3. The molecule has 200 valence electrons. The molecule has 0 saturated heterocycles. The van der Waals surface area contributed by atoms with Crippen LogP contribution < -0.4 is 21.3 Å². The zero-order valence-electron chi connectivity index (χ0n) is 19.9. The van der Waals surface area contributed by atoms with Gasteiger partial charge in [0.25, 0.3) is 12.0 Å². The highest BCUT2D eigenvalue weighted by Gasteiger charge is 2.35. The van der Waals surface area contributed by atoms with E-state index in [-0.39, 0.29) is 71.3 Å². The number of anilines is 1. The molecule has 1 atom stereocenters. The van der Waals surface area contributed by atoms with Crippen molar-refractivity contribution in [2.24, 2.45) is 7.05 Å². The summed E-state index contributed by atoms with van der Waals surface area (Å²) in [6.45, 7) is 0. The van der Waals surface area contributed by atoms with Crippen LogP contribution in [0.1, 0.15) is 37.4 Å². The smallest absolute Gasteiger partial charge is 0.325 e. The van der Waals surface area contributed by atoms with E-state index in [9.17, 15) is 27.2 Å². The van der Waals surface area contributed by atoms with Crippen LogP contribution in [0.5, 0.6) is 5.88 Å². The van der Waals surface area contributed by atoms with E-state index in [4.69, 9.17) is 4.74 Å². The number of ether oxygens (including phenoxy) is 1. The fourth-order valence-corrected chi connectivity index (χ4v) is 4.32. The Kier molecular flexibility index (Phi) is 6.59. The molecule has 1 saturated carbocycles. The number of rotatable bonds is 7. The van der Waals surface area contributed by atoms with E-state index in [1.807, 2.05) is 0 Å². The van der Waals surface area contributed by atoms with E-state index >= 15 is 0 Å². The summed E-state index contributed by atoms with van der Waals surface area (Å²) in [6.07, 6.45) is -2.27. The van der Waals surface area contributed by atoms with E-state index < -0.39 is 29.7 Å². The minimum absolute atomic E-state index is 0.00420. The lowest BCUT2D eigenvalue weighted by Crippen LogP contribution is -2.32. The molecule has 1 aliphatic carbocycles.